The van der Waals surface area contributed by atoms with Gasteiger partial charge in [-0.3, -0.25) is 4.79 Å². The van der Waals surface area contributed by atoms with Crippen molar-refractivity contribution in [3.05, 3.63) is 30.3 Å². The number of para-hydroxylation sites is 1. The van der Waals surface area contributed by atoms with Gasteiger partial charge in [0, 0.05) is 6.42 Å². The summed E-state index contributed by atoms with van der Waals surface area (Å²) in [5, 5.41) is 12.8. The van der Waals surface area contributed by atoms with E-state index in [0.717, 1.165) is 31.6 Å². The standard InChI is InChI=1S/C16H23NO3/c1-2-11-17-16(15(18)19)10-6-9-14(12-16)20-13-7-4-3-5-8-13/h3-5,7-8,14,17H,2,6,9-12H2,1H3,(H,18,19). The van der Waals surface area contributed by atoms with Crippen LogP contribution in [0.3, 0.4) is 0 Å². The van der Waals surface area contributed by atoms with Gasteiger partial charge in [-0.25, -0.2) is 0 Å². The third-order valence-electron chi connectivity index (χ3n) is 3.87. The van der Waals surface area contributed by atoms with Crippen molar-refractivity contribution in [2.45, 2.75) is 50.7 Å². The Kier molecular flexibility index (Phi) is 5.01. The molecule has 2 unspecified atom stereocenters. The third kappa shape index (κ3) is 3.51. The van der Waals surface area contributed by atoms with Crippen LogP contribution in [0.15, 0.2) is 30.3 Å². The second-order valence-electron chi connectivity index (χ2n) is 5.46. The van der Waals surface area contributed by atoms with Crippen LogP contribution in [-0.2, 0) is 4.79 Å². The second kappa shape index (κ2) is 6.75. The minimum Gasteiger partial charge on any atom is -0.490 e. The van der Waals surface area contributed by atoms with E-state index < -0.39 is 11.5 Å². The van der Waals surface area contributed by atoms with E-state index in [1.807, 2.05) is 37.3 Å². The predicted octanol–water partition coefficient (Wildman–Crippen LogP) is 2.83. The molecule has 0 amide bonds. The zero-order valence-electron chi connectivity index (χ0n) is 12.0. The topological polar surface area (TPSA) is 58.6 Å². The Labute approximate surface area is 120 Å². The Morgan fingerprint density at radius 2 is 2.20 bits per heavy atom. The van der Waals surface area contributed by atoms with Gasteiger partial charge in [-0.2, -0.15) is 0 Å². The van der Waals surface area contributed by atoms with Crippen molar-refractivity contribution in [2.24, 2.45) is 0 Å². The van der Waals surface area contributed by atoms with E-state index in [2.05, 4.69) is 5.32 Å². The average Bonchev–Trinajstić information content (AvgIpc) is 2.46. The minimum atomic E-state index is -0.826. The van der Waals surface area contributed by atoms with Crippen molar-refractivity contribution < 1.29 is 14.6 Å². The van der Waals surface area contributed by atoms with Gasteiger partial charge in [-0.15, -0.1) is 0 Å². The number of nitrogens with one attached hydrogen (secondary N) is 1. The van der Waals surface area contributed by atoms with Gasteiger partial charge < -0.3 is 15.2 Å². The zero-order valence-corrected chi connectivity index (χ0v) is 12.0. The van der Waals surface area contributed by atoms with Crippen molar-refractivity contribution in [1.29, 1.82) is 0 Å². The molecule has 1 aromatic carbocycles. The second-order valence-corrected chi connectivity index (χ2v) is 5.46. The molecule has 0 saturated heterocycles. The maximum absolute atomic E-state index is 11.7. The van der Waals surface area contributed by atoms with E-state index in [1.165, 1.54) is 0 Å². The van der Waals surface area contributed by atoms with Gasteiger partial charge >= 0.3 is 5.97 Å². The Morgan fingerprint density at radius 3 is 2.85 bits per heavy atom. The van der Waals surface area contributed by atoms with Gasteiger partial charge in [0.05, 0.1) is 0 Å². The molecule has 1 aromatic rings. The molecule has 20 heavy (non-hydrogen) atoms. The fourth-order valence-corrected chi connectivity index (χ4v) is 2.81. The van der Waals surface area contributed by atoms with E-state index in [0.29, 0.717) is 12.8 Å². The summed E-state index contributed by atoms with van der Waals surface area (Å²) in [6.07, 6.45) is 3.89. The summed E-state index contributed by atoms with van der Waals surface area (Å²) in [7, 11) is 0. The van der Waals surface area contributed by atoms with Crippen LogP contribution in [0.4, 0.5) is 0 Å². The maximum atomic E-state index is 11.7. The Balaban J connectivity index is 2.04. The fraction of sp³-hybridized carbons (Fsp3) is 0.562. The van der Waals surface area contributed by atoms with Crippen molar-refractivity contribution in [3.63, 3.8) is 0 Å². The summed E-state index contributed by atoms with van der Waals surface area (Å²) in [5.41, 5.74) is -0.826. The molecule has 0 bridgehead atoms. The first-order valence-corrected chi connectivity index (χ1v) is 7.36. The van der Waals surface area contributed by atoms with E-state index in [1.54, 1.807) is 0 Å². The molecule has 0 aliphatic heterocycles. The number of carboxylic acids is 1. The van der Waals surface area contributed by atoms with Crippen LogP contribution >= 0.6 is 0 Å². The molecule has 1 aliphatic rings. The first-order valence-electron chi connectivity index (χ1n) is 7.36. The van der Waals surface area contributed by atoms with Crippen LogP contribution in [0.25, 0.3) is 0 Å². The number of hydrogen-bond donors (Lipinski definition) is 2. The highest BCUT2D eigenvalue weighted by Gasteiger charge is 2.43. The third-order valence-corrected chi connectivity index (χ3v) is 3.87. The molecule has 1 aliphatic carbocycles. The molecule has 2 rings (SSSR count). The van der Waals surface area contributed by atoms with Crippen LogP contribution in [0.1, 0.15) is 39.0 Å². The Hall–Kier alpha value is -1.55. The van der Waals surface area contributed by atoms with Gasteiger partial charge in [0.15, 0.2) is 0 Å². The van der Waals surface area contributed by atoms with Crippen molar-refractivity contribution in [2.75, 3.05) is 6.54 Å². The van der Waals surface area contributed by atoms with E-state index in [-0.39, 0.29) is 6.10 Å². The molecule has 0 aromatic heterocycles. The SMILES string of the molecule is CCCNC1(C(=O)O)CCCC(Oc2ccccc2)C1. The van der Waals surface area contributed by atoms with Crippen molar-refractivity contribution in [3.8, 4) is 5.75 Å². The summed E-state index contributed by atoms with van der Waals surface area (Å²) < 4.78 is 5.94. The monoisotopic (exact) mass is 277 g/mol. The number of benzene rings is 1. The zero-order chi connectivity index (χ0) is 14.4. The lowest BCUT2D eigenvalue weighted by molar-refractivity contribution is -0.148. The molecule has 0 radical (unpaired) electrons. The number of hydrogen-bond acceptors (Lipinski definition) is 3. The van der Waals surface area contributed by atoms with Gasteiger partial charge in [0.25, 0.3) is 0 Å². The summed E-state index contributed by atoms with van der Waals surface area (Å²) in [5.74, 6) is 0.0569. The molecular formula is C16H23NO3. The molecule has 2 N–H and O–H groups in total. The lowest BCUT2D eigenvalue weighted by Gasteiger charge is -2.38. The number of carboxylic acid groups (broad SMARTS) is 1. The van der Waals surface area contributed by atoms with Crippen molar-refractivity contribution >= 4 is 5.97 Å². The van der Waals surface area contributed by atoms with Crippen LogP contribution in [0, 0.1) is 0 Å². The summed E-state index contributed by atoms with van der Waals surface area (Å²) in [4.78, 5) is 11.7. The largest absolute Gasteiger partial charge is 0.490 e. The molecule has 0 spiro atoms. The predicted molar refractivity (Wildman–Crippen MR) is 78.0 cm³/mol. The number of carbonyl (C=O) groups is 1. The quantitative estimate of drug-likeness (QED) is 0.839. The van der Waals surface area contributed by atoms with E-state index in [9.17, 15) is 9.90 Å². The summed E-state index contributed by atoms with van der Waals surface area (Å²) in [6, 6.07) is 9.63. The summed E-state index contributed by atoms with van der Waals surface area (Å²) in [6.45, 7) is 2.77. The average molecular weight is 277 g/mol. The Morgan fingerprint density at radius 1 is 1.45 bits per heavy atom. The first kappa shape index (κ1) is 14.9. The molecule has 4 nitrogen and oxygen atoms in total. The molecule has 1 saturated carbocycles. The number of rotatable bonds is 6. The smallest absolute Gasteiger partial charge is 0.324 e. The highest BCUT2D eigenvalue weighted by molar-refractivity contribution is 5.79. The van der Waals surface area contributed by atoms with Crippen LogP contribution in [-0.4, -0.2) is 29.3 Å². The van der Waals surface area contributed by atoms with Crippen LogP contribution < -0.4 is 10.1 Å². The molecule has 110 valence electrons. The van der Waals surface area contributed by atoms with Gasteiger partial charge in [-0.1, -0.05) is 25.1 Å². The van der Waals surface area contributed by atoms with Gasteiger partial charge in [0.1, 0.15) is 17.4 Å². The molecule has 1 fully saturated rings. The minimum absolute atomic E-state index is 0.0355. The molecule has 4 heteroatoms. The highest BCUT2D eigenvalue weighted by atomic mass is 16.5. The maximum Gasteiger partial charge on any atom is 0.324 e. The lowest BCUT2D eigenvalue weighted by Crippen LogP contribution is -2.56. The Bertz CT molecular complexity index is 435. The van der Waals surface area contributed by atoms with Crippen LogP contribution in [0.5, 0.6) is 5.75 Å². The number of aliphatic carboxylic acids is 1. The highest BCUT2D eigenvalue weighted by Crippen LogP contribution is 2.31. The molecule has 2 atom stereocenters. The molecule has 0 heterocycles. The van der Waals surface area contributed by atoms with Crippen molar-refractivity contribution in [1.82, 2.24) is 5.32 Å². The number of ether oxygens (including phenoxy) is 1. The van der Waals surface area contributed by atoms with Gasteiger partial charge in [0.2, 0.25) is 0 Å². The summed E-state index contributed by atoms with van der Waals surface area (Å²) >= 11 is 0. The molecular weight excluding hydrogens is 254 g/mol. The van der Waals surface area contributed by atoms with Gasteiger partial charge in [-0.05, 0) is 44.4 Å². The fourth-order valence-electron chi connectivity index (χ4n) is 2.81. The van der Waals surface area contributed by atoms with Crippen LogP contribution in [0.2, 0.25) is 0 Å². The first-order chi connectivity index (χ1) is 9.66. The van der Waals surface area contributed by atoms with E-state index >= 15 is 0 Å². The van der Waals surface area contributed by atoms with E-state index in [4.69, 9.17) is 4.74 Å². The normalized spacial score (nSPS) is 26.1. The lowest BCUT2D eigenvalue weighted by atomic mass is 9.80.